The van der Waals surface area contributed by atoms with E-state index in [0.29, 0.717) is 13.0 Å². The summed E-state index contributed by atoms with van der Waals surface area (Å²) >= 11 is 0. The molecule has 0 aliphatic rings. The molecule has 16 heavy (non-hydrogen) atoms. The van der Waals surface area contributed by atoms with Crippen molar-refractivity contribution in [2.45, 2.75) is 44.9 Å². The number of carbonyl (C=O) groups is 1. The molecule has 0 fully saturated rings. The molecule has 1 amide bonds. The summed E-state index contributed by atoms with van der Waals surface area (Å²) in [5.41, 5.74) is 5.29. The van der Waals surface area contributed by atoms with Crippen LogP contribution in [0.4, 0.5) is 0 Å². The maximum Gasteiger partial charge on any atom is 0.235 e. The largest absolute Gasteiger partial charge is 0.353 e. The van der Waals surface area contributed by atoms with Crippen LogP contribution in [0.5, 0.6) is 0 Å². The van der Waals surface area contributed by atoms with Gasteiger partial charge in [-0.3, -0.25) is 4.79 Å². The summed E-state index contributed by atoms with van der Waals surface area (Å²) in [5, 5.41) is 2.08. The average Bonchev–Trinajstić information content (AvgIpc) is 2.16. The molecule has 0 aromatic heterocycles. The smallest absolute Gasteiger partial charge is 0.235 e. The summed E-state index contributed by atoms with van der Waals surface area (Å²) in [6, 6.07) is 0.00696. The minimum atomic E-state index is -3.37. The van der Waals surface area contributed by atoms with E-state index in [0.717, 1.165) is 6.42 Å². The fourth-order valence-corrected chi connectivity index (χ4v) is 2.39. The molecule has 0 bridgehead atoms. The van der Waals surface area contributed by atoms with Gasteiger partial charge in [-0.1, -0.05) is 6.92 Å². The number of sulfone groups is 1. The monoisotopic (exact) mass is 250 g/mol. The Kier molecular flexibility index (Phi) is 6.59. The maximum atomic E-state index is 11.7. The predicted molar refractivity (Wildman–Crippen MR) is 64.8 cm³/mol. The van der Waals surface area contributed by atoms with Crippen LogP contribution in [0.25, 0.3) is 0 Å². The third-order valence-corrected chi connectivity index (χ3v) is 4.66. The van der Waals surface area contributed by atoms with E-state index >= 15 is 0 Å². The number of hydrogen-bond donors (Lipinski definition) is 2. The third kappa shape index (κ3) is 5.46. The molecule has 6 heteroatoms. The van der Waals surface area contributed by atoms with E-state index in [9.17, 15) is 13.2 Å². The van der Waals surface area contributed by atoms with Crippen molar-refractivity contribution in [1.29, 1.82) is 0 Å². The Morgan fingerprint density at radius 2 is 1.94 bits per heavy atom. The molecular formula is C10H22N2O3S. The number of amides is 1. The number of rotatable bonds is 7. The lowest BCUT2D eigenvalue weighted by molar-refractivity contribution is -0.119. The highest BCUT2D eigenvalue weighted by molar-refractivity contribution is 7.92. The van der Waals surface area contributed by atoms with Crippen LogP contribution >= 0.6 is 0 Å². The van der Waals surface area contributed by atoms with Gasteiger partial charge < -0.3 is 11.1 Å². The zero-order valence-electron chi connectivity index (χ0n) is 10.2. The first-order valence-electron chi connectivity index (χ1n) is 5.54. The van der Waals surface area contributed by atoms with E-state index in [-0.39, 0.29) is 6.04 Å². The maximum absolute atomic E-state index is 11.7. The Labute approximate surface area is 97.7 Å². The van der Waals surface area contributed by atoms with Gasteiger partial charge in [-0.25, -0.2) is 8.42 Å². The molecule has 0 spiro atoms. The van der Waals surface area contributed by atoms with E-state index in [4.69, 9.17) is 5.73 Å². The second kappa shape index (κ2) is 6.85. The van der Waals surface area contributed by atoms with Crippen molar-refractivity contribution in [3.05, 3.63) is 0 Å². The van der Waals surface area contributed by atoms with E-state index in [2.05, 4.69) is 5.32 Å². The van der Waals surface area contributed by atoms with Gasteiger partial charge in [-0.15, -0.1) is 0 Å². The van der Waals surface area contributed by atoms with Crippen molar-refractivity contribution in [1.82, 2.24) is 5.32 Å². The van der Waals surface area contributed by atoms with E-state index < -0.39 is 26.7 Å². The highest BCUT2D eigenvalue weighted by Gasteiger charge is 2.23. The molecule has 0 saturated carbocycles. The van der Waals surface area contributed by atoms with Gasteiger partial charge in [0, 0.05) is 6.04 Å². The highest BCUT2D eigenvalue weighted by atomic mass is 32.2. The third-order valence-electron chi connectivity index (χ3n) is 2.54. The van der Waals surface area contributed by atoms with Crippen molar-refractivity contribution >= 4 is 15.7 Å². The van der Waals surface area contributed by atoms with Gasteiger partial charge in [0.05, 0.1) is 5.25 Å². The van der Waals surface area contributed by atoms with Crippen molar-refractivity contribution < 1.29 is 13.2 Å². The molecule has 2 unspecified atom stereocenters. The van der Waals surface area contributed by atoms with Crippen molar-refractivity contribution in [3.63, 3.8) is 0 Å². The van der Waals surface area contributed by atoms with Gasteiger partial charge in [-0.05, 0) is 33.2 Å². The molecule has 0 aliphatic carbocycles. The predicted octanol–water partition coefficient (Wildman–Crippen LogP) is 0.0532. The average molecular weight is 250 g/mol. The van der Waals surface area contributed by atoms with Gasteiger partial charge in [0.25, 0.3) is 0 Å². The Morgan fingerprint density at radius 3 is 2.38 bits per heavy atom. The van der Waals surface area contributed by atoms with Crippen LogP contribution in [0, 0.1) is 0 Å². The van der Waals surface area contributed by atoms with E-state index in [1.54, 1.807) is 6.92 Å². The molecule has 0 rings (SSSR count). The Morgan fingerprint density at radius 1 is 1.38 bits per heavy atom. The van der Waals surface area contributed by atoms with Crippen molar-refractivity contribution in [2.24, 2.45) is 5.73 Å². The lowest BCUT2D eigenvalue weighted by Gasteiger charge is -2.14. The Bertz CT molecular complexity index is 314. The van der Waals surface area contributed by atoms with Crippen LogP contribution in [0.1, 0.15) is 33.6 Å². The van der Waals surface area contributed by atoms with Gasteiger partial charge in [0.15, 0.2) is 9.84 Å². The molecule has 0 aromatic rings. The molecule has 2 atom stereocenters. The quantitative estimate of drug-likeness (QED) is 0.668. The molecule has 0 heterocycles. The minimum Gasteiger partial charge on any atom is -0.353 e. The molecule has 0 radical (unpaired) electrons. The molecule has 5 nitrogen and oxygen atoms in total. The highest BCUT2D eigenvalue weighted by Crippen LogP contribution is 2.05. The van der Waals surface area contributed by atoms with Crippen LogP contribution in [0.2, 0.25) is 0 Å². The zero-order chi connectivity index (χ0) is 12.8. The first kappa shape index (κ1) is 15.4. The SMILES string of the molecule is CCC(C)NC(=O)CS(=O)(=O)C(C)CCN. The summed E-state index contributed by atoms with van der Waals surface area (Å²) in [6.45, 7) is 5.66. The zero-order valence-corrected chi connectivity index (χ0v) is 11.0. The van der Waals surface area contributed by atoms with Crippen LogP contribution in [0.15, 0.2) is 0 Å². The van der Waals surface area contributed by atoms with Gasteiger partial charge in [0.1, 0.15) is 5.75 Å². The summed E-state index contributed by atoms with van der Waals surface area (Å²) in [4.78, 5) is 11.4. The molecule has 0 aliphatic heterocycles. The summed E-state index contributed by atoms with van der Waals surface area (Å²) in [7, 11) is -3.37. The fraction of sp³-hybridized carbons (Fsp3) is 0.900. The number of carbonyl (C=O) groups excluding carboxylic acids is 1. The van der Waals surface area contributed by atoms with Crippen molar-refractivity contribution in [2.75, 3.05) is 12.3 Å². The summed E-state index contributed by atoms with van der Waals surface area (Å²) in [5.74, 6) is -0.878. The Hall–Kier alpha value is -0.620. The van der Waals surface area contributed by atoms with Gasteiger partial charge >= 0.3 is 0 Å². The topological polar surface area (TPSA) is 89.3 Å². The first-order valence-corrected chi connectivity index (χ1v) is 7.26. The minimum absolute atomic E-state index is 0.00696. The summed E-state index contributed by atoms with van der Waals surface area (Å²) < 4.78 is 23.4. The lowest BCUT2D eigenvalue weighted by Crippen LogP contribution is -2.38. The van der Waals surface area contributed by atoms with Crippen molar-refractivity contribution in [3.8, 4) is 0 Å². The van der Waals surface area contributed by atoms with Gasteiger partial charge in [-0.2, -0.15) is 0 Å². The van der Waals surface area contributed by atoms with E-state index in [1.165, 1.54) is 0 Å². The molecule has 0 saturated heterocycles. The molecule has 96 valence electrons. The number of hydrogen-bond acceptors (Lipinski definition) is 4. The van der Waals surface area contributed by atoms with Crippen LogP contribution in [-0.2, 0) is 14.6 Å². The Balaban J connectivity index is 4.31. The fourth-order valence-electron chi connectivity index (χ4n) is 1.16. The first-order chi connectivity index (χ1) is 7.33. The van der Waals surface area contributed by atoms with Crippen LogP contribution < -0.4 is 11.1 Å². The molecular weight excluding hydrogens is 228 g/mol. The lowest BCUT2D eigenvalue weighted by atomic mass is 10.3. The van der Waals surface area contributed by atoms with Gasteiger partial charge in [0.2, 0.25) is 5.91 Å². The second-order valence-corrected chi connectivity index (χ2v) is 6.49. The van der Waals surface area contributed by atoms with E-state index in [1.807, 2.05) is 13.8 Å². The number of nitrogens with two attached hydrogens (primary N) is 1. The summed E-state index contributed by atoms with van der Waals surface area (Å²) in [6.07, 6.45) is 1.17. The standard InChI is InChI=1S/C10H22N2O3S/c1-4-8(2)12-10(13)7-16(14,15)9(3)5-6-11/h8-9H,4-7,11H2,1-3H3,(H,12,13). The van der Waals surface area contributed by atoms with Crippen LogP contribution in [0.3, 0.4) is 0 Å². The molecule has 3 N–H and O–H groups in total. The second-order valence-electron chi connectivity index (χ2n) is 4.07. The number of nitrogens with one attached hydrogen (secondary N) is 1. The molecule has 0 aromatic carbocycles. The normalized spacial score (nSPS) is 15.5. The van der Waals surface area contributed by atoms with Crippen LogP contribution in [-0.4, -0.2) is 37.9 Å².